The average Bonchev–Trinajstić information content (AvgIpc) is 2.27. The first kappa shape index (κ1) is 13.0. The Bertz CT molecular complexity index is 250. The third-order valence-electron chi connectivity index (χ3n) is 2.85. The molecule has 92 valence electrons. The van der Waals surface area contributed by atoms with Gasteiger partial charge in [0, 0.05) is 19.0 Å². The molecule has 1 fully saturated rings. The minimum absolute atomic E-state index is 0.0426. The number of aliphatic carboxylic acids is 1. The fraction of sp³-hybridized carbons (Fsp3) is 0.818. The van der Waals surface area contributed by atoms with E-state index in [1.54, 1.807) is 0 Å². The van der Waals surface area contributed by atoms with Gasteiger partial charge in [-0.05, 0) is 32.7 Å². The van der Waals surface area contributed by atoms with Crippen LogP contribution in [0.2, 0.25) is 0 Å². The van der Waals surface area contributed by atoms with E-state index < -0.39 is 5.97 Å². The Morgan fingerprint density at radius 1 is 1.56 bits per heavy atom. The predicted molar refractivity (Wildman–Crippen MR) is 60.1 cm³/mol. The number of amides is 1. The van der Waals surface area contributed by atoms with E-state index in [2.05, 4.69) is 10.6 Å². The molecule has 0 radical (unpaired) electrons. The summed E-state index contributed by atoms with van der Waals surface area (Å²) in [6.45, 7) is 3.56. The summed E-state index contributed by atoms with van der Waals surface area (Å²) in [7, 11) is 0. The van der Waals surface area contributed by atoms with Crippen LogP contribution in [-0.4, -0.2) is 36.1 Å². The van der Waals surface area contributed by atoms with Gasteiger partial charge in [-0.2, -0.15) is 0 Å². The van der Waals surface area contributed by atoms with Crippen molar-refractivity contribution in [3.05, 3.63) is 0 Å². The topological polar surface area (TPSA) is 78.4 Å². The van der Waals surface area contributed by atoms with E-state index >= 15 is 0 Å². The van der Waals surface area contributed by atoms with Gasteiger partial charge in [0.05, 0.1) is 5.92 Å². The molecule has 0 bridgehead atoms. The maximum atomic E-state index is 11.8. The van der Waals surface area contributed by atoms with Gasteiger partial charge >= 0.3 is 5.97 Å². The minimum Gasteiger partial charge on any atom is -0.481 e. The maximum absolute atomic E-state index is 11.8. The smallest absolute Gasteiger partial charge is 0.303 e. The van der Waals surface area contributed by atoms with Crippen molar-refractivity contribution in [3.63, 3.8) is 0 Å². The quantitative estimate of drug-likeness (QED) is 0.634. The Morgan fingerprint density at radius 3 is 2.88 bits per heavy atom. The average molecular weight is 228 g/mol. The Kier molecular flexibility index (Phi) is 5.25. The fourth-order valence-corrected chi connectivity index (χ4v) is 1.85. The number of carboxylic acid groups (broad SMARTS) is 1. The Hall–Kier alpha value is -1.10. The van der Waals surface area contributed by atoms with Crippen molar-refractivity contribution >= 4 is 11.9 Å². The Labute approximate surface area is 95.6 Å². The van der Waals surface area contributed by atoms with Gasteiger partial charge in [-0.15, -0.1) is 0 Å². The van der Waals surface area contributed by atoms with Gasteiger partial charge in [0.1, 0.15) is 0 Å². The van der Waals surface area contributed by atoms with Crippen LogP contribution in [-0.2, 0) is 9.59 Å². The zero-order valence-corrected chi connectivity index (χ0v) is 9.66. The van der Waals surface area contributed by atoms with Crippen LogP contribution < -0.4 is 10.6 Å². The lowest BCUT2D eigenvalue weighted by molar-refractivity contribution is -0.137. The number of carbonyl (C=O) groups excluding carboxylic acids is 1. The highest BCUT2D eigenvalue weighted by atomic mass is 16.4. The standard InChI is InChI=1S/C11H20N2O3/c1-8(4-5-10(14)15)13-11(16)9-3-2-6-12-7-9/h8-9,12H,2-7H2,1H3,(H,13,16)(H,14,15)/t8?,9-/m1/s1. The monoisotopic (exact) mass is 228 g/mol. The van der Waals surface area contributed by atoms with Crippen LogP contribution in [0.5, 0.6) is 0 Å². The van der Waals surface area contributed by atoms with Gasteiger partial charge in [-0.25, -0.2) is 0 Å². The van der Waals surface area contributed by atoms with Crippen LogP contribution in [0, 0.1) is 5.92 Å². The van der Waals surface area contributed by atoms with E-state index in [0.29, 0.717) is 6.42 Å². The highest BCUT2D eigenvalue weighted by molar-refractivity contribution is 5.79. The van der Waals surface area contributed by atoms with Crippen LogP contribution >= 0.6 is 0 Å². The molecule has 1 aliphatic heterocycles. The van der Waals surface area contributed by atoms with Gasteiger partial charge in [-0.3, -0.25) is 9.59 Å². The molecule has 0 aliphatic carbocycles. The summed E-state index contributed by atoms with van der Waals surface area (Å²) in [5.74, 6) is -0.730. The van der Waals surface area contributed by atoms with Gasteiger partial charge < -0.3 is 15.7 Å². The molecule has 1 amide bonds. The first-order valence-electron chi connectivity index (χ1n) is 5.82. The molecular formula is C11H20N2O3. The number of hydrogen-bond donors (Lipinski definition) is 3. The zero-order chi connectivity index (χ0) is 12.0. The molecule has 2 atom stereocenters. The van der Waals surface area contributed by atoms with Crippen molar-refractivity contribution < 1.29 is 14.7 Å². The maximum Gasteiger partial charge on any atom is 0.303 e. The van der Waals surface area contributed by atoms with Crippen LogP contribution in [0.3, 0.4) is 0 Å². The van der Waals surface area contributed by atoms with Crippen molar-refractivity contribution in [1.29, 1.82) is 0 Å². The Morgan fingerprint density at radius 2 is 2.31 bits per heavy atom. The number of nitrogens with one attached hydrogen (secondary N) is 2. The molecule has 16 heavy (non-hydrogen) atoms. The number of piperidine rings is 1. The van der Waals surface area contributed by atoms with E-state index in [4.69, 9.17) is 5.11 Å². The van der Waals surface area contributed by atoms with Crippen LogP contribution in [0.1, 0.15) is 32.6 Å². The van der Waals surface area contributed by atoms with E-state index in [1.165, 1.54) is 0 Å². The van der Waals surface area contributed by atoms with E-state index in [-0.39, 0.29) is 24.3 Å². The molecule has 0 spiro atoms. The second-order valence-corrected chi connectivity index (χ2v) is 4.39. The summed E-state index contributed by atoms with van der Waals surface area (Å²) in [5, 5.41) is 14.6. The summed E-state index contributed by atoms with van der Waals surface area (Å²) >= 11 is 0. The molecule has 5 nitrogen and oxygen atoms in total. The molecule has 1 unspecified atom stereocenters. The highest BCUT2D eigenvalue weighted by Gasteiger charge is 2.21. The van der Waals surface area contributed by atoms with Gasteiger partial charge in [-0.1, -0.05) is 0 Å². The summed E-state index contributed by atoms with van der Waals surface area (Å²) < 4.78 is 0. The van der Waals surface area contributed by atoms with E-state index in [9.17, 15) is 9.59 Å². The summed E-state index contributed by atoms with van der Waals surface area (Å²) in [6, 6.07) is -0.0643. The number of carboxylic acids is 1. The minimum atomic E-state index is -0.819. The highest BCUT2D eigenvalue weighted by Crippen LogP contribution is 2.10. The van der Waals surface area contributed by atoms with Crippen molar-refractivity contribution in [2.45, 2.75) is 38.6 Å². The second-order valence-electron chi connectivity index (χ2n) is 4.39. The van der Waals surface area contributed by atoms with E-state index in [1.807, 2.05) is 6.92 Å². The van der Waals surface area contributed by atoms with Crippen LogP contribution in [0.4, 0.5) is 0 Å². The van der Waals surface area contributed by atoms with Crippen molar-refractivity contribution in [3.8, 4) is 0 Å². The molecule has 5 heteroatoms. The van der Waals surface area contributed by atoms with Crippen molar-refractivity contribution in [2.24, 2.45) is 5.92 Å². The van der Waals surface area contributed by atoms with Crippen LogP contribution in [0.15, 0.2) is 0 Å². The summed E-state index contributed by atoms with van der Waals surface area (Å²) in [6.07, 6.45) is 2.54. The third kappa shape index (κ3) is 4.61. The van der Waals surface area contributed by atoms with Crippen molar-refractivity contribution in [1.82, 2.24) is 10.6 Å². The normalized spacial score (nSPS) is 22.4. The third-order valence-corrected chi connectivity index (χ3v) is 2.85. The molecule has 1 saturated heterocycles. The lowest BCUT2D eigenvalue weighted by atomic mass is 9.98. The van der Waals surface area contributed by atoms with Gasteiger partial charge in [0.25, 0.3) is 0 Å². The Balaban J connectivity index is 2.23. The van der Waals surface area contributed by atoms with Crippen LogP contribution in [0.25, 0.3) is 0 Å². The second kappa shape index (κ2) is 6.48. The number of carbonyl (C=O) groups is 2. The predicted octanol–water partition coefficient (Wildman–Crippen LogP) is 0.356. The SMILES string of the molecule is CC(CCC(=O)O)NC(=O)[C@@H]1CCCNC1. The molecule has 0 saturated carbocycles. The summed E-state index contributed by atoms with van der Waals surface area (Å²) in [4.78, 5) is 22.1. The number of rotatable bonds is 5. The van der Waals surface area contributed by atoms with Gasteiger partial charge in [0.2, 0.25) is 5.91 Å². The van der Waals surface area contributed by atoms with Gasteiger partial charge in [0.15, 0.2) is 0 Å². The molecule has 0 aromatic carbocycles. The molecular weight excluding hydrogens is 208 g/mol. The molecule has 3 N–H and O–H groups in total. The lowest BCUT2D eigenvalue weighted by Gasteiger charge is -2.23. The van der Waals surface area contributed by atoms with Crippen molar-refractivity contribution in [2.75, 3.05) is 13.1 Å². The van der Waals surface area contributed by atoms with E-state index in [0.717, 1.165) is 25.9 Å². The fourth-order valence-electron chi connectivity index (χ4n) is 1.85. The molecule has 1 heterocycles. The first-order chi connectivity index (χ1) is 7.59. The summed E-state index contributed by atoms with van der Waals surface area (Å²) in [5.41, 5.74) is 0. The zero-order valence-electron chi connectivity index (χ0n) is 9.66. The molecule has 0 aromatic heterocycles. The lowest BCUT2D eigenvalue weighted by Crippen LogP contribution is -2.43. The number of hydrogen-bond acceptors (Lipinski definition) is 3. The molecule has 1 aliphatic rings. The first-order valence-corrected chi connectivity index (χ1v) is 5.82. The largest absolute Gasteiger partial charge is 0.481 e. The molecule has 1 rings (SSSR count). The molecule has 0 aromatic rings.